The molecule has 0 saturated carbocycles. The quantitative estimate of drug-likeness (QED) is 0.379. The van der Waals surface area contributed by atoms with Crippen LogP contribution in [0.5, 0.6) is 17.2 Å². The molecule has 2 aromatic carbocycles. The maximum absolute atomic E-state index is 12.7. The molecule has 168 valence electrons. The molecule has 0 unspecified atom stereocenters. The second-order valence-corrected chi connectivity index (χ2v) is 10.3. The van der Waals surface area contributed by atoms with E-state index >= 15 is 0 Å². The summed E-state index contributed by atoms with van der Waals surface area (Å²) < 4.78 is 17.7. The summed E-state index contributed by atoms with van der Waals surface area (Å²) in [6.45, 7) is 3.39. The smallest absolute Gasteiger partial charge is 0.233 e. The fourth-order valence-corrected chi connectivity index (χ4v) is 5.91. The number of aromatic nitrogens is 2. The molecule has 0 radical (unpaired) electrons. The van der Waals surface area contributed by atoms with E-state index in [1.165, 1.54) is 28.7 Å². The Bertz CT molecular complexity index is 1060. The van der Waals surface area contributed by atoms with Crippen LogP contribution in [-0.4, -0.2) is 47.2 Å². The van der Waals surface area contributed by atoms with Gasteiger partial charge in [-0.15, -0.1) is 10.2 Å². The largest absolute Gasteiger partial charge is 0.497 e. The standard InChI is InChI=1S/C22H23N3O4S3/c1-3-25(11-16-6-9-18-19(10-16)29-14-28-18)20(26)13-31-22-24-23-21(32-22)30-12-15-4-7-17(27-2)8-5-15/h4-10H,3,11-14H2,1-2H3. The Morgan fingerprint density at radius 3 is 2.53 bits per heavy atom. The van der Waals surface area contributed by atoms with E-state index in [1.807, 2.05) is 54.3 Å². The van der Waals surface area contributed by atoms with Gasteiger partial charge >= 0.3 is 0 Å². The average Bonchev–Trinajstić information content (AvgIpc) is 3.49. The number of amides is 1. The van der Waals surface area contributed by atoms with Crippen LogP contribution in [0.1, 0.15) is 18.1 Å². The normalized spacial score (nSPS) is 12.1. The predicted molar refractivity (Wildman–Crippen MR) is 127 cm³/mol. The molecule has 0 atom stereocenters. The highest BCUT2D eigenvalue weighted by Gasteiger charge is 2.17. The van der Waals surface area contributed by atoms with Crippen molar-refractivity contribution in [1.82, 2.24) is 15.1 Å². The van der Waals surface area contributed by atoms with Crippen molar-refractivity contribution in [3.8, 4) is 17.2 Å². The summed E-state index contributed by atoms with van der Waals surface area (Å²) >= 11 is 4.58. The summed E-state index contributed by atoms with van der Waals surface area (Å²) in [4.78, 5) is 14.6. The lowest BCUT2D eigenvalue weighted by molar-refractivity contribution is -0.128. The zero-order valence-corrected chi connectivity index (χ0v) is 20.2. The van der Waals surface area contributed by atoms with Gasteiger partial charge in [-0.05, 0) is 42.3 Å². The lowest BCUT2D eigenvalue weighted by Crippen LogP contribution is -2.31. The second kappa shape index (κ2) is 10.9. The van der Waals surface area contributed by atoms with Crippen molar-refractivity contribution in [2.75, 3.05) is 26.2 Å². The average molecular weight is 490 g/mol. The zero-order chi connectivity index (χ0) is 22.3. The first-order valence-electron chi connectivity index (χ1n) is 10.0. The highest BCUT2D eigenvalue weighted by Crippen LogP contribution is 2.33. The first kappa shape index (κ1) is 22.8. The van der Waals surface area contributed by atoms with Crippen LogP contribution in [0.15, 0.2) is 51.1 Å². The van der Waals surface area contributed by atoms with Gasteiger partial charge in [-0.2, -0.15) is 0 Å². The minimum absolute atomic E-state index is 0.0674. The Hall–Kier alpha value is -2.43. The van der Waals surface area contributed by atoms with Crippen molar-refractivity contribution in [3.05, 3.63) is 53.6 Å². The fraction of sp³-hybridized carbons (Fsp3) is 0.318. The predicted octanol–water partition coefficient (Wildman–Crippen LogP) is 4.71. The third-order valence-electron chi connectivity index (χ3n) is 4.77. The van der Waals surface area contributed by atoms with E-state index in [1.54, 1.807) is 18.9 Å². The summed E-state index contributed by atoms with van der Waals surface area (Å²) in [6.07, 6.45) is 0. The molecule has 1 aliphatic heterocycles. The lowest BCUT2D eigenvalue weighted by atomic mass is 10.2. The number of hydrogen-bond acceptors (Lipinski definition) is 9. The van der Waals surface area contributed by atoms with Gasteiger partial charge in [0.1, 0.15) is 5.75 Å². The first-order valence-corrected chi connectivity index (χ1v) is 12.8. The number of ether oxygens (including phenoxy) is 3. The van der Waals surface area contributed by atoms with Gasteiger partial charge in [0.05, 0.1) is 12.9 Å². The molecule has 0 spiro atoms. The van der Waals surface area contributed by atoms with Gasteiger partial charge in [-0.25, -0.2) is 0 Å². The minimum atomic E-state index is 0.0674. The fourth-order valence-electron chi connectivity index (χ4n) is 3.03. The topological polar surface area (TPSA) is 73.8 Å². The minimum Gasteiger partial charge on any atom is -0.497 e. The Morgan fingerprint density at radius 1 is 1.06 bits per heavy atom. The number of hydrogen-bond donors (Lipinski definition) is 0. The number of fused-ring (bicyclic) bond motifs is 1. The van der Waals surface area contributed by atoms with Crippen LogP contribution in [0, 0.1) is 0 Å². The Labute approximate surface area is 199 Å². The summed E-state index contributed by atoms with van der Waals surface area (Å²) in [5.41, 5.74) is 2.21. The molecule has 10 heteroatoms. The molecule has 7 nitrogen and oxygen atoms in total. The molecule has 1 aromatic heterocycles. The highest BCUT2D eigenvalue weighted by atomic mass is 32.2. The van der Waals surface area contributed by atoms with Gasteiger partial charge < -0.3 is 19.1 Å². The van der Waals surface area contributed by atoms with Gasteiger partial charge in [0.2, 0.25) is 12.7 Å². The molecule has 0 bridgehead atoms. The molecule has 3 aromatic rings. The third-order valence-corrected chi connectivity index (χ3v) is 8.02. The number of thioether (sulfide) groups is 2. The Balaban J connectivity index is 1.26. The van der Waals surface area contributed by atoms with Crippen LogP contribution in [-0.2, 0) is 17.1 Å². The summed E-state index contributed by atoms with van der Waals surface area (Å²) in [5.74, 6) is 3.53. The molecule has 2 heterocycles. The van der Waals surface area contributed by atoms with Crippen LogP contribution in [0.4, 0.5) is 0 Å². The molecule has 1 amide bonds. The second-order valence-electron chi connectivity index (χ2n) is 6.85. The number of nitrogens with zero attached hydrogens (tertiary/aromatic N) is 3. The van der Waals surface area contributed by atoms with E-state index in [2.05, 4.69) is 10.2 Å². The molecule has 32 heavy (non-hydrogen) atoms. The third kappa shape index (κ3) is 5.87. The lowest BCUT2D eigenvalue weighted by Gasteiger charge is -2.20. The molecule has 0 aliphatic carbocycles. The van der Waals surface area contributed by atoms with Crippen molar-refractivity contribution in [2.24, 2.45) is 0 Å². The summed E-state index contributed by atoms with van der Waals surface area (Å²) in [5, 5.41) is 8.47. The van der Waals surface area contributed by atoms with E-state index in [0.717, 1.165) is 37.2 Å². The van der Waals surface area contributed by atoms with E-state index in [-0.39, 0.29) is 12.7 Å². The van der Waals surface area contributed by atoms with Crippen molar-refractivity contribution in [2.45, 2.75) is 27.9 Å². The first-order chi connectivity index (χ1) is 15.6. The maximum atomic E-state index is 12.7. The molecule has 0 fully saturated rings. The number of rotatable bonds is 10. The number of carbonyl (C=O) groups excluding carboxylic acids is 1. The molecule has 0 saturated heterocycles. The van der Waals surface area contributed by atoms with Gasteiger partial charge in [0.25, 0.3) is 0 Å². The van der Waals surface area contributed by atoms with Gasteiger partial charge in [-0.1, -0.05) is 53.1 Å². The SMILES string of the molecule is CCN(Cc1ccc2c(c1)OCO2)C(=O)CSc1nnc(SCc2ccc(OC)cc2)s1. The Kier molecular flexibility index (Phi) is 7.77. The van der Waals surface area contributed by atoms with Crippen LogP contribution >= 0.6 is 34.9 Å². The molecule has 0 N–H and O–H groups in total. The number of benzene rings is 2. The molecule has 4 rings (SSSR count). The van der Waals surface area contributed by atoms with Gasteiger partial charge in [0.15, 0.2) is 20.2 Å². The van der Waals surface area contributed by atoms with Crippen molar-refractivity contribution >= 4 is 40.8 Å². The van der Waals surface area contributed by atoms with Gasteiger partial charge in [0, 0.05) is 18.8 Å². The monoisotopic (exact) mass is 489 g/mol. The molecule has 1 aliphatic rings. The van der Waals surface area contributed by atoms with Crippen LogP contribution < -0.4 is 14.2 Å². The summed E-state index contributed by atoms with van der Waals surface area (Å²) in [6, 6.07) is 13.8. The van der Waals surface area contributed by atoms with Crippen LogP contribution in [0.2, 0.25) is 0 Å². The van der Waals surface area contributed by atoms with Crippen LogP contribution in [0.25, 0.3) is 0 Å². The number of methoxy groups -OCH3 is 1. The molecular formula is C22H23N3O4S3. The van der Waals surface area contributed by atoms with Crippen molar-refractivity contribution < 1.29 is 19.0 Å². The number of carbonyl (C=O) groups is 1. The van der Waals surface area contributed by atoms with E-state index < -0.39 is 0 Å². The van der Waals surface area contributed by atoms with E-state index in [4.69, 9.17) is 14.2 Å². The van der Waals surface area contributed by atoms with E-state index in [0.29, 0.717) is 18.8 Å². The molecular weight excluding hydrogens is 466 g/mol. The van der Waals surface area contributed by atoms with E-state index in [9.17, 15) is 4.79 Å². The highest BCUT2D eigenvalue weighted by molar-refractivity contribution is 8.03. The van der Waals surface area contributed by atoms with Crippen molar-refractivity contribution in [3.63, 3.8) is 0 Å². The zero-order valence-electron chi connectivity index (χ0n) is 17.8. The maximum Gasteiger partial charge on any atom is 0.233 e. The Morgan fingerprint density at radius 2 is 1.78 bits per heavy atom. The van der Waals surface area contributed by atoms with Crippen molar-refractivity contribution in [1.29, 1.82) is 0 Å². The van der Waals surface area contributed by atoms with Crippen LogP contribution in [0.3, 0.4) is 0 Å². The summed E-state index contributed by atoms with van der Waals surface area (Å²) in [7, 11) is 1.66. The van der Waals surface area contributed by atoms with Gasteiger partial charge in [-0.3, -0.25) is 4.79 Å².